The van der Waals surface area contributed by atoms with Crippen molar-refractivity contribution < 1.29 is 14.4 Å². The van der Waals surface area contributed by atoms with Crippen molar-refractivity contribution in [3.63, 3.8) is 0 Å². The molecule has 0 radical (unpaired) electrons. The molecular weight excluding hydrogens is 268 g/mol. The van der Waals surface area contributed by atoms with Crippen molar-refractivity contribution in [1.82, 2.24) is 10.2 Å². The fraction of sp³-hybridized carbons (Fsp3) is 0.312. The van der Waals surface area contributed by atoms with Crippen LogP contribution in [-0.2, 0) is 14.4 Å². The van der Waals surface area contributed by atoms with E-state index in [2.05, 4.69) is 5.32 Å². The summed E-state index contributed by atoms with van der Waals surface area (Å²) >= 11 is 0. The zero-order valence-corrected chi connectivity index (χ0v) is 12.3. The van der Waals surface area contributed by atoms with Crippen LogP contribution in [-0.4, -0.2) is 28.7 Å². The van der Waals surface area contributed by atoms with Crippen LogP contribution >= 0.6 is 0 Å². The first kappa shape index (κ1) is 15.0. The van der Waals surface area contributed by atoms with E-state index in [1.54, 1.807) is 18.2 Å². The van der Waals surface area contributed by atoms with Gasteiger partial charge in [0.1, 0.15) is 11.7 Å². The highest BCUT2D eigenvalue weighted by atomic mass is 16.2. The van der Waals surface area contributed by atoms with Crippen LogP contribution in [0.3, 0.4) is 0 Å². The number of nitrogens with one attached hydrogen (secondary N) is 1. The summed E-state index contributed by atoms with van der Waals surface area (Å²) in [4.78, 5) is 37.4. The predicted octanol–water partition coefficient (Wildman–Crippen LogP) is 1.56. The minimum atomic E-state index is -0.672. The van der Waals surface area contributed by atoms with Crippen molar-refractivity contribution in [2.24, 2.45) is 5.92 Å². The zero-order valence-electron chi connectivity index (χ0n) is 12.3. The van der Waals surface area contributed by atoms with Crippen LogP contribution in [0.25, 0.3) is 6.08 Å². The standard InChI is InChI=1S/C16H18N2O3/c1-10(2)14-16(21)18(11(3)19)13(15(20)17-14)9-12-7-5-4-6-8-12/h4-10,14H,1-3H3,(H,17,20)/b13-9+. The number of imide groups is 1. The number of hydrogen-bond donors (Lipinski definition) is 1. The second kappa shape index (κ2) is 5.91. The highest BCUT2D eigenvalue weighted by Crippen LogP contribution is 2.20. The Morgan fingerprint density at radius 1 is 1.24 bits per heavy atom. The molecule has 1 atom stereocenters. The first-order valence-corrected chi connectivity index (χ1v) is 6.84. The van der Waals surface area contributed by atoms with Crippen LogP contribution in [0.5, 0.6) is 0 Å². The largest absolute Gasteiger partial charge is 0.339 e. The number of benzene rings is 1. The third-order valence-corrected chi connectivity index (χ3v) is 3.33. The summed E-state index contributed by atoms with van der Waals surface area (Å²) in [5.74, 6) is -1.34. The van der Waals surface area contributed by atoms with Gasteiger partial charge in [0.15, 0.2) is 0 Å². The molecule has 0 saturated carbocycles. The molecule has 1 unspecified atom stereocenters. The van der Waals surface area contributed by atoms with Gasteiger partial charge < -0.3 is 5.32 Å². The highest BCUT2D eigenvalue weighted by Gasteiger charge is 2.40. The second-order valence-corrected chi connectivity index (χ2v) is 5.33. The minimum Gasteiger partial charge on any atom is -0.339 e. The van der Waals surface area contributed by atoms with Crippen molar-refractivity contribution in [3.05, 3.63) is 41.6 Å². The van der Waals surface area contributed by atoms with Crippen molar-refractivity contribution in [3.8, 4) is 0 Å². The van der Waals surface area contributed by atoms with Gasteiger partial charge in [-0.1, -0.05) is 44.2 Å². The molecule has 1 aromatic rings. The molecule has 0 aromatic heterocycles. The molecule has 3 amide bonds. The van der Waals surface area contributed by atoms with E-state index in [-0.39, 0.29) is 17.5 Å². The Kier molecular flexibility index (Phi) is 4.21. The van der Waals surface area contributed by atoms with Gasteiger partial charge in [-0.05, 0) is 17.6 Å². The summed E-state index contributed by atoms with van der Waals surface area (Å²) in [6, 6.07) is 8.43. The van der Waals surface area contributed by atoms with Gasteiger partial charge in [-0.3, -0.25) is 14.4 Å². The molecule has 0 bridgehead atoms. The van der Waals surface area contributed by atoms with Crippen LogP contribution in [0.4, 0.5) is 0 Å². The van der Waals surface area contributed by atoms with Crippen LogP contribution < -0.4 is 5.32 Å². The lowest BCUT2D eigenvalue weighted by Gasteiger charge is -2.34. The summed E-state index contributed by atoms with van der Waals surface area (Å²) in [7, 11) is 0. The molecule has 21 heavy (non-hydrogen) atoms. The van der Waals surface area contributed by atoms with Crippen molar-refractivity contribution in [2.45, 2.75) is 26.8 Å². The van der Waals surface area contributed by atoms with Crippen LogP contribution in [0, 0.1) is 5.92 Å². The van der Waals surface area contributed by atoms with Gasteiger partial charge >= 0.3 is 0 Å². The highest BCUT2D eigenvalue weighted by molar-refractivity contribution is 6.14. The molecule has 1 aromatic carbocycles. The molecule has 2 rings (SSSR count). The zero-order chi connectivity index (χ0) is 15.6. The van der Waals surface area contributed by atoms with E-state index in [1.807, 2.05) is 32.0 Å². The van der Waals surface area contributed by atoms with E-state index in [0.717, 1.165) is 10.5 Å². The Bertz CT molecular complexity index is 605. The van der Waals surface area contributed by atoms with E-state index >= 15 is 0 Å². The SMILES string of the molecule is CC(=O)N1C(=O)C(C(C)C)NC(=O)/C1=C\c1ccccc1. The molecule has 110 valence electrons. The van der Waals surface area contributed by atoms with E-state index in [9.17, 15) is 14.4 Å². The molecule has 0 spiro atoms. The Morgan fingerprint density at radius 2 is 1.86 bits per heavy atom. The third kappa shape index (κ3) is 3.02. The Labute approximate surface area is 123 Å². The quantitative estimate of drug-likeness (QED) is 0.839. The molecular formula is C16H18N2O3. The average Bonchev–Trinajstić information content (AvgIpc) is 2.43. The van der Waals surface area contributed by atoms with Crippen LogP contribution in [0.15, 0.2) is 36.0 Å². The monoisotopic (exact) mass is 286 g/mol. The van der Waals surface area contributed by atoms with Gasteiger partial charge in [0.25, 0.3) is 11.8 Å². The Balaban J connectivity index is 2.45. The summed E-state index contributed by atoms with van der Waals surface area (Å²) in [5.41, 5.74) is 0.820. The number of carbonyl (C=O) groups excluding carboxylic acids is 3. The molecule has 1 aliphatic heterocycles. The van der Waals surface area contributed by atoms with Gasteiger partial charge in [0, 0.05) is 6.92 Å². The lowest BCUT2D eigenvalue weighted by Crippen LogP contribution is -2.59. The first-order chi connectivity index (χ1) is 9.91. The maximum atomic E-state index is 12.4. The predicted molar refractivity (Wildman–Crippen MR) is 78.7 cm³/mol. The van der Waals surface area contributed by atoms with E-state index < -0.39 is 17.9 Å². The lowest BCUT2D eigenvalue weighted by molar-refractivity contribution is -0.149. The maximum Gasteiger partial charge on any atom is 0.269 e. The summed E-state index contributed by atoms with van der Waals surface area (Å²) in [6.07, 6.45) is 1.55. The molecule has 5 heteroatoms. The van der Waals surface area contributed by atoms with Crippen LogP contribution in [0.1, 0.15) is 26.3 Å². The normalized spacial score (nSPS) is 20.9. The molecule has 1 fully saturated rings. The fourth-order valence-electron chi connectivity index (χ4n) is 2.25. The van der Waals surface area contributed by atoms with Crippen LogP contribution in [0.2, 0.25) is 0 Å². The maximum absolute atomic E-state index is 12.4. The van der Waals surface area contributed by atoms with Crippen molar-refractivity contribution >= 4 is 23.8 Å². The summed E-state index contributed by atoms with van der Waals surface area (Å²) in [6.45, 7) is 4.94. The van der Waals surface area contributed by atoms with Gasteiger partial charge in [-0.15, -0.1) is 0 Å². The first-order valence-electron chi connectivity index (χ1n) is 6.84. The molecule has 1 aliphatic rings. The van der Waals surface area contributed by atoms with Gasteiger partial charge in [0.05, 0.1) is 0 Å². The molecule has 1 heterocycles. The number of rotatable bonds is 2. The smallest absolute Gasteiger partial charge is 0.269 e. The topological polar surface area (TPSA) is 66.5 Å². The Hall–Kier alpha value is -2.43. The van der Waals surface area contributed by atoms with Gasteiger partial charge in [-0.25, -0.2) is 4.90 Å². The fourth-order valence-corrected chi connectivity index (χ4v) is 2.25. The Morgan fingerprint density at radius 3 is 2.38 bits per heavy atom. The number of amides is 3. The molecule has 1 saturated heterocycles. The third-order valence-electron chi connectivity index (χ3n) is 3.33. The summed E-state index contributed by atoms with van der Waals surface area (Å²) < 4.78 is 0. The number of piperazine rings is 1. The lowest BCUT2D eigenvalue weighted by atomic mass is 9.99. The molecule has 5 nitrogen and oxygen atoms in total. The number of carbonyl (C=O) groups is 3. The summed E-state index contributed by atoms with van der Waals surface area (Å²) in [5, 5.41) is 2.67. The van der Waals surface area contributed by atoms with E-state index in [0.29, 0.717) is 0 Å². The molecule has 1 N–H and O–H groups in total. The van der Waals surface area contributed by atoms with Crippen molar-refractivity contribution in [1.29, 1.82) is 0 Å². The van der Waals surface area contributed by atoms with Gasteiger partial charge in [0.2, 0.25) is 5.91 Å². The number of nitrogens with zero attached hydrogens (tertiary/aromatic N) is 1. The van der Waals surface area contributed by atoms with E-state index in [1.165, 1.54) is 6.92 Å². The average molecular weight is 286 g/mol. The van der Waals surface area contributed by atoms with E-state index in [4.69, 9.17) is 0 Å². The minimum absolute atomic E-state index is 0.0654. The second-order valence-electron chi connectivity index (χ2n) is 5.33. The van der Waals surface area contributed by atoms with Crippen molar-refractivity contribution in [2.75, 3.05) is 0 Å². The number of hydrogen-bond acceptors (Lipinski definition) is 3. The molecule has 0 aliphatic carbocycles. The van der Waals surface area contributed by atoms with Gasteiger partial charge in [-0.2, -0.15) is 0 Å².